The molecule has 8 nitrogen and oxygen atoms in total. The molecule has 1 aliphatic heterocycles. The Morgan fingerprint density at radius 2 is 1.88 bits per heavy atom. The molecule has 1 atom stereocenters. The summed E-state index contributed by atoms with van der Waals surface area (Å²) in [5, 5.41) is 8.39. The van der Waals surface area contributed by atoms with Crippen LogP contribution in [0.5, 0.6) is 0 Å². The minimum atomic E-state index is -4.45. The molecule has 0 saturated heterocycles. The van der Waals surface area contributed by atoms with Gasteiger partial charge >= 0.3 is 6.18 Å². The van der Waals surface area contributed by atoms with Crippen LogP contribution in [0.3, 0.4) is 0 Å². The minimum absolute atomic E-state index is 0.211. The molecule has 1 unspecified atom stereocenters. The number of carbonyl (C=O) groups is 1. The summed E-state index contributed by atoms with van der Waals surface area (Å²) in [6, 6.07) is 9.35. The van der Waals surface area contributed by atoms with E-state index in [1.54, 1.807) is 29.1 Å². The van der Waals surface area contributed by atoms with Crippen molar-refractivity contribution in [3.63, 3.8) is 0 Å². The Hall–Kier alpha value is -4.15. The van der Waals surface area contributed by atoms with Gasteiger partial charge in [-0.15, -0.1) is 0 Å². The number of carbonyl (C=O) groups excluding carboxylic acids is 1. The number of pyridine rings is 1. The van der Waals surface area contributed by atoms with E-state index in [2.05, 4.69) is 15.2 Å². The highest BCUT2D eigenvalue weighted by Crippen LogP contribution is 2.35. The summed E-state index contributed by atoms with van der Waals surface area (Å²) in [6.45, 7) is 2.13. The molecule has 0 bridgehead atoms. The van der Waals surface area contributed by atoms with Crippen molar-refractivity contribution in [1.82, 2.24) is 19.9 Å². The van der Waals surface area contributed by atoms with Crippen LogP contribution in [-0.4, -0.2) is 32.4 Å². The number of aromatic nitrogens is 4. The smallest absolute Gasteiger partial charge is 0.384 e. The third kappa shape index (κ3) is 3.60. The van der Waals surface area contributed by atoms with Gasteiger partial charge in [0.25, 0.3) is 5.91 Å². The number of nitrogen functional groups attached to an aromatic ring is 1. The lowest BCUT2D eigenvalue weighted by atomic mass is 10.1. The fourth-order valence-corrected chi connectivity index (χ4v) is 3.79. The second-order valence-corrected chi connectivity index (χ2v) is 7.71. The maximum absolute atomic E-state index is 13.4. The summed E-state index contributed by atoms with van der Waals surface area (Å²) < 4.78 is 45.8. The molecule has 0 radical (unpaired) electrons. The first-order valence-corrected chi connectivity index (χ1v) is 9.98. The molecule has 0 aliphatic carbocycles. The van der Waals surface area contributed by atoms with Crippen molar-refractivity contribution >= 4 is 17.4 Å². The van der Waals surface area contributed by atoms with E-state index in [1.807, 2.05) is 6.92 Å². The van der Waals surface area contributed by atoms with Crippen molar-refractivity contribution in [1.29, 1.82) is 0 Å². The highest BCUT2D eigenvalue weighted by Gasteiger charge is 2.36. The van der Waals surface area contributed by atoms with E-state index in [-0.39, 0.29) is 18.3 Å². The van der Waals surface area contributed by atoms with Crippen LogP contribution in [0.4, 0.5) is 24.7 Å². The van der Waals surface area contributed by atoms with Gasteiger partial charge in [0.1, 0.15) is 17.2 Å². The van der Waals surface area contributed by atoms with E-state index < -0.39 is 17.6 Å². The van der Waals surface area contributed by atoms with Gasteiger partial charge < -0.3 is 15.2 Å². The molecule has 5 rings (SSSR count). The number of nitrogens with two attached hydrogens (primary N) is 1. The van der Waals surface area contributed by atoms with E-state index >= 15 is 0 Å². The van der Waals surface area contributed by atoms with Gasteiger partial charge in [-0.25, -0.2) is 4.98 Å². The zero-order valence-corrected chi connectivity index (χ0v) is 17.2. The van der Waals surface area contributed by atoms with Gasteiger partial charge in [-0.05, 0) is 43.3 Å². The van der Waals surface area contributed by atoms with Crippen molar-refractivity contribution in [2.45, 2.75) is 19.1 Å². The Bertz CT molecular complexity index is 1330. The third-order valence-corrected chi connectivity index (χ3v) is 5.47. The first-order valence-electron chi connectivity index (χ1n) is 9.98. The maximum atomic E-state index is 13.4. The van der Waals surface area contributed by atoms with E-state index in [0.717, 1.165) is 12.1 Å². The van der Waals surface area contributed by atoms with Crippen LogP contribution in [0, 0.1) is 0 Å². The molecule has 3 aromatic heterocycles. The monoisotopic (exact) mass is 454 g/mol. The largest absolute Gasteiger partial charge is 0.416 e. The first kappa shape index (κ1) is 20.7. The van der Waals surface area contributed by atoms with Crippen molar-refractivity contribution in [2.24, 2.45) is 0 Å². The number of anilines is 2. The van der Waals surface area contributed by atoms with Crippen molar-refractivity contribution < 1.29 is 22.5 Å². The van der Waals surface area contributed by atoms with Crippen molar-refractivity contribution in [2.75, 3.05) is 17.2 Å². The fraction of sp³-hybridized carbons (Fsp3) is 0.182. The summed E-state index contributed by atoms with van der Waals surface area (Å²) in [6.07, 6.45) is -1.37. The van der Waals surface area contributed by atoms with Gasteiger partial charge in [0.15, 0.2) is 5.76 Å². The second kappa shape index (κ2) is 7.47. The van der Waals surface area contributed by atoms with Gasteiger partial charge in [-0.1, -0.05) is 5.16 Å². The predicted octanol–water partition coefficient (Wildman–Crippen LogP) is 4.42. The molecule has 4 aromatic rings. The summed E-state index contributed by atoms with van der Waals surface area (Å²) in [7, 11) is 0. The van der Waals surface area contributed by atoms with Crippen LogP contribution in [-0.2, 0) is 6.18 Å². The lowest BCUT2D eigenvalue weighted by Crippen LogP contribution is -2.42. The molecule has 0 saturated carbocycles. The first-order chi connectivity index (χ1) is 15.7. The van der Waals surface area contributed by atoms with E-state index in [0.29, 0.717) is 34.1 Å². The molecule has 33 heavy (non-hydrogen) atoms. The second-order valence-electron chi connectivity index (χ2n) is 7.71. The average Bonchev–Trinajstić information content (AvgIpc) is 3.44. The molecular weight excluding hydrogens is 437 g/mol. The molecule has 1 amide bonds. The Balaban J connectivity index is 1.50. The van der Waals surface area contributed by atoms with Crippen LogP contribution in [0.15, 0.2) is 59.4 Å². The van der Waals surface area contributed by atoms with Crippen LogP contribution in [0.25, 0.3) is 22.6 Å². The summed E-state index contributed by atoms with van der Waals surface area (Å²) >= 11 is 0. The molecular formula is C22H17F3N6O2. The number of benzene rings is 1. The lowest BCUT2D eigenvalue weighted by Gasteiger charge is -2.32. The number of alkyl halides is 3. The summed E-state index contributed by atoms with van der Waals surface area (Å²) in [5.74, 6) is 0.307. The Morgan fingerprint density at radius 3 is 2.55 bits per heavy atom. The molecule has 4 heterocycles. The number of amides is 1. The predicted molar refractivity (Wildman–Crippen MR) is 113 cm³/mol. The van der Waals surface area contributed by atoms with Crippen molar-refractivity contribution in [3.8, 4) is 22.6 Å². The van der Waals surface area contributed by atoms with E-state index in [9.17, 15) is 18.0 Å². The summed E-state index contributed by atoms with van der Waals surface area (Å²) in [5.41, 5.74) is 7.11. The number of halogens is 3. The van der Waals surface area contributed by atoms with Gasteiger partial charge in [-0.3, -0.25) is 9.48 Å². The number of fused-ring (bicyclic) bond motifs is 1. The highest BCUT2D eigenvalue weighted by atomic mass is 19.4. The number of hydrogen-bond acceptors (Lipinski definition) is 6. The number of hydrogen-bond donors (Lipinski definition) is 1. The molecule has 1 aromatic carbocycles. The van der Waals surface area contributed by atoms with Gasteiger partial charge in [0.2, 0.25) is 0 Å². The topological polar surface area (TPSA) is 103 Å². The normalized spacial score (nSPS) is 16.2. The van der Waals surface area contributed by atoms with Gasteiger partial charge in [0.05, 0.1) is 23.4 Å². The van der Waals surface area contributed by atoms with Crippen LogP contribution >= 0.6 is 0 Å². The third-order valence-electron chi connectivity index (χ3n) is 5.47. The van der Waals surface area contributed by atoms with Gasteiger partial charge in [-0.2, -0.15) is 18.3 Å². The average molecular weight is 454 g/mol. The van der Waals surface area contributed by atoms with Gasteiger partial charge in [0, 0.05) is 30.1 Å². The zero-order valence-electron chi connectivity index (χ0n) is 17.2. The number of nitrogens with zero attached hydrogens (tertiary/aromatic N) is 5. The summed E-state index contributed by atoms with van der Waals surface area (Å²) in [4.78, 5) is 18.8. The zero-order chi connectivity index (χ0) is 23.3. The van der Waals surface area contributed by atoms with Crippen LogP contribution in [0.2, 0.25) is 0 Å². The quantitative estimate of drug-likeness (QED) is 0.492. The van der Waals surface area contributed by atoms with Crippen molar-refractivity contribution in [3.05, 3.63) is 66.1 Å². The molecule has 168 valence electrons. The fourth-order valence-electron chi connectivity index (χ4n) is 3.79. The highest BCUT2D eigenvalue weighted by molar-refractivity contribution is 6.09. The molecule has 2 N–H and O–H groups in total. The maximum Gasteiger partial charge on any atom is 0.416 e. The lowest BCUT2D eigenvalue weighted by molar-refractivity contribution is -0.137. The van der Waals surface area contributed by atoms with Crippen LogP contribution in [0.1, 0.15) is 29.0 Å². The van der Waals surface area contributed by atoms with E-state index in [1.165, 1.54) is 23.2 Å². The standard InChI is InChI=1S/C22H17F3N6O2/c1-12-11-30(15-5-3-14(4-6-15)22(23,24)25)21(32)20-16(10-28-31(12)20)18-8-17(29-33-18)13-2-7-19(26)27-9-13/h2-10,12H,11H2,1H3,(H2,26,27). The Kier molecular flexibility index (Phi) is 4.69. The van der Waals surface area contributed by atoms with E-state index in [4.69, 9.17) is 10.3 Å². The molecule has 0 spiro atoms. The minimum Gasteiger partial charge on any atom is -0.384 e. The Labute approximate surface area is 185 Å². The number of rotatable bonds is 3. The Morgan fingerprint density at radius 1 is 1.12 bits per heavy atom. The molecule has 1 aliphatic rings. The molecule has 0 fully saturated rings. The van der Waals surface area contributed by atoms with Crippen LogP contribution < -0.4 is 10.6 Å². The molecule has 11 heteroatoms. The SMILES string of the molecule is CC1CN(c2ccc(C(F)(F)F)cc2)C(=O)c2c(-c3cc(-c4ccc(N)nc4)no3)cnn21.